The second-order valence-corrected chi connectivity index (χ2v) is 5.30. The molecule has 0 rings (SSSR count). The third-order valence-electron chi connectivity index (χ3n) is 2.12. The molecule has 0 radical (unpaired) electrons. The third-order valence-corrected chi connectivity index (χ3v) is 2.12. The molecule has 0 saturated carbocycles. The Bertz CT molecular complexity index is 285. The number of hydrogen-bond donors (Lipinski definition) is 2. The van der Waals surface area contributed by atoms with Crippen LogP contribution in [0.15, 0.2) is 0 Å². The lowest BCUT2D eigenvalue weighted by atomic mass is 10.2. The Hall–Kier alpha value is -1.30. The molecule has 1 atom stereocenters. The van der Waals surface area contributed by atoms with E-state index in [0.29, 0.717) is 6.61 Å². The second-order valence-electron chi connectivity index (χ2n) is 5.30. The van der Waals surface area contributed by atoms with Crippen molar-refractivity contribution in [1.29, 1.82) is 0 Å². The van der Waals surface area contributed by atoms with Crippen molar-refractivity contribution in [3.8, 4) is 0 Å². The molecule has 0 aliphatic rings. The van der Waals surface area contributed by atoms with Crippen LogP contribution in [-0.4, -0.2) is 42.0 Å². The SMILES string of the molecule is CCCCOC(=O)CC(CO)NC(=O)OC(C)(C)C. The van der Waals surface area contributed by atoms with E-state index in [9.17, 15) is 9.59 Å². The predicted molar refractivity (Wildman–Crippen MR) is 70.7 cm³/mol. The maximum absolute atomic E-state index is 11.5. The summed E-state index contributed by atoms with van der Waals surface area (Å²) in [6.07, 6.45) is 1.01. The second kappa shape index (κ2) is 8.74. The predicted octanol–water partition coefficient (Wildman–Crippen LogP) is 1.61. The van der Waals surface area contributed by atoms with Crippen molar-refractivity contribution in [2.75, 3.05) is 13.2 Å². The van der Waals surface area contributed by atoms with Crippen molar-refractivity contribution in [1.82, 2.24) is 5.32 Å². The number of ether oxygens (including phenoxy) is 2. The van der Waals surface area contributed by atoms with E-state index < -0.39 is 23.7 Å². The largest absolute Gasteiger partial charge is 0.466 e. The van der Waals surface area contributed by atoms with Gasteiger partial charge in [-0.1, -0.05) is 13.3 Å². The summed E-state index contributed by atoms with van der Waals surface area (Å²) >= 11 is 0. The van der Waals surface area contributed by atoms with Gasteiger partial charge in [0.25, 0.3) is 0 Å². The minimum atomic E-state index is -0.691. The molecule has 0 aliphatic heterocycles. The van der Waals surface area contributed by atoms with Gasteiger partial charge in [-0.05, 0) is 27.2 Å². The van der Waals surface area contributed by atoms with Crippen LogP contribution in [0.4, 0.5) is 4.79 Å². The fourth-order valence-corrected chi connectivity index (χ4v) is 1.23. The number of aliphatic hydroxyl groups is 1. The van der Waals surface area contributed by atoms with Crippen molar-refractivity contribution in [2.45, 2.75) is 58.6 Å². The summed E-state index contributed by atoms with van der Waals surface area (Å²) in [5.74, 6) is -0.441. The molecule has 0 heterocycles. The van der Waals surface area contributed by atoms with Gasteiger partial charge in [0.2, 0.25) is 0 Å². The van der Waals surface area contributed by atoms with Gasteiger partial charge in [0.1, 0.15) is 5.60 Å². The standard InChI is InChI=1S/C13H25NO5/c1-5-6-7-18-11(16)8-10(9-15)14-12(17)19-13(2,3)4/h10,15H,5-9H2,1-4H3,(H,14,17). The fraction of sp³-hybridized carbons (Fsp3) is 0.846. The monoisotopic (exact) mass is 275 g/mol. The average Bonchev–Trinajstić information content (AvgIpc) is 2.25. The van der Waals surface area contributed by atoms with Gasteiger partial charge < -0.3 is 19.9 Å². The number of nitrogens with one attached hydrogen (secondary N) is 1. The number of unbranched alkanes of at least 4 members (excludes halogenated alkanes) is 1. The summed E-state index contributed by atoms with van der Waals surface area (Å²) < 4.78 is 9.99. The molecule has 112 valence electrons. The first-order chi connectivity index (χ1) is 8.78. The molecule has 6 nitrogen and oxygen atoms in total. The maximum atomic E-state index is 11.5. The maximum Gasteiger partial charge on any atom is 0.407 e. The Morgan fingerprint density at radius 3 is 2.42 bits per heavy atom. The third kappa shape index (κ3) is 10.3. The van der Waals surface area contributed by atoms with Crippen molar-refractivity contribution in [3.63, 3.8) is 0 Å². The molecule has 1 unspecified atom stereocenters. The summed E-state index contributed by atoms with van der Waals surface area (Å²) in [6.45, 7) is 7.22. The lowest BCUT2D eigenvalue weighted by molar-refractivity contribution is -0.144. The number of rotatable bonds is 7. The number of hydrogen-bond acceptors (Lipinski definition) is 5. The van der Waals surface area contributed by atoms with Crippen LogP contribution in [0.25, 0.3) is 0 Å². The quantitative estimate of drug-likeness (QED) is 0.544. The van der Waals surface area contributed by atoms with Crippen LogP contribution in [0.5, 0.6) is 0 Å². The Kier molecular flexibility index (Phi) is 8.14. The van der Waals surface area contributed by atoms with Crippen molar-refractivity contribution in [3.05, 3.63) is 0 Å². The molecule has 0 saturated heterocycles. The summed E-state index contributed by atoms with van der Waals surface area (Å²) in [5, 5.41) is 11.5. The van der Waals surface area contributed by atoms with Crippen molar-refractivity contribution < 1.29 is 24.2 Å². The molecule has 0 fully saturated rings. The van der Waals surface area contributed by atoms with Crippen LogP contribution in [-0.2, 0) is 14.3 Å². The molecular weight excluding hydrogens is 250 g/mol. The van der Waals surface area contributed by atoms with Gasteiger partial charge in [-0.3, -0.25) is 4.79 Å². The van der Waals surface area contributed by atoms with Crippen LogP contribution in [0, 0.1) is 0 Å². The van der Waals surface area contributed by atoms with E-state index in [2.05, 4.69) is 5.32 Å². The highest BCUT2D eigenvalue weighted by Crippen LogP contribution is 2.07. The fourth-order valence-electron chi connectivity index (χ4n) is 1.23. The summed E-state index contributed by atoms with van der Waals surface area (Å²) in [4.78, 5) is 22.9. The molecular formula is C13H25NO5. The lowest BCUT2D eigenvalue weighted by Crippen LogP contribution is -2.42. The molecule has 1 amide bonds. The first kappa shape index (κ1) is 17.7. The van der Waals surface area contributed by atoms with Crippen LogP contribution in [0.2, 0.25) is 0 Å². The van der Waals surface area contributed by atoms with Crippen LogP contribution < -0.4 is 5.32 Å². The summed E-state index contributed by atoms with van der Waals surface area (Å²) in [5.41, 5.74) is -0.619. The zero-order chi connectivity index (χ0) is 14.9. The Morgan fingerprint density at radius 2 is 1.95 bits per heavy atom. The highest BCUT2D eigenvalue weighted by molar-refractivity contribution is 5.72. The van der Waals surface area contributed by atoms with Crippen LogP contribution in [0.1, 0.15) is 47.0 Å². The Labute approximate surface area is 114 Å². The minimum absolute atomic E-state index is 0.0700. The molecule has 19 heavy (non-hydrogen) atoms. The molecule has 0 aromatic carbocycles. The highest BCUT2D eigenvalue weighted by Gasteiger charge is 2.21. The van der Waals surface area contributed by atoms with E-state index in [1.807, 2.05) is 6.92 Å². The molecule has 2 N–H and O–H groups in total. The number of amides is 1. The first-order valence-corrected chi connectivity index (χ1v) is 6.54. The number of carbonyl (C=O) groups excluding carboxylic acids is 2. The van der Waals surface area contributed by atoms with E-state index in [-0.39, 0.29) is 13.0 Å². The van der Waals surface area contributed by atoms with Gasteiger partial charge in [-0.15, -0.1) is 0 Å². The smallest absolute Gasteiger partial charge is 0.407 e. The zero-order valence-electron chi connectivity index (χ0n) is 12.2. The van der Waals surface area contributed by atoms with Crippen molar-refractivity contribution in [2.24, 2.45) is 0 Å². The van der Waals surface area contributed by atoms with Gasteiger partial charge >= 0.3 is 12.1 Å². The number of aliphatic hydroxyl groups excluding tert-OH is 1. The molecule has 0 bridgehead atoms. The van der Waals surface area contributed by atoms with E-state index in [4.69, 9.17) is 14.6 Å². The van der Waals surface area contributed by atoms with E-state index in [0.717, 1.165) is 12.8 Å². The zero-order valence-corrected chi connectivity index (χ0v) is 12.2. The van der Waals surface area contributed by atoms with Crippen molar-refractivity contribution >= 4 is 12.1 Å². The van der Waals surface area contributed by atoms with E-state index in [1.165, 1.54) is 0 Å². The number of esters is 1. The highest BCUT2D eigenvalue weighted by atomic mass is 16.6. The number of carbonyl (C=O) groups is 2. The van der Waals surface area contributed by atoms with Gasteiger partial charge in [-0.25, -0.2) is 4.79 Å². The lowest BCUT2D eigenvalue weighted by Gasteiger charge is -2.22. The Balaban J connectivity index is 4.06. The topological polar surface area (TPSA) is 84.9 Å². The molecule has 0 aliphatic carbocycles. The Morgan fingerprint density at radius 1 is 1.32 bits per heavy atom. The van der Waals surface area contributed by atoms with Gasteiger partial charge in [0.05, 0.1) is 25.7 Å². The van der Waals surface area contributed by atoms with Gasteiger partial charge in [0, 0.05) is 0 Å². The first-order valence-electron chi connectivity index (χ1n) is 6.54. The van der Waals surface area contributed by atoms with Gasteiger partial charge in [0.15, 0.2) is 0 Å². The van der Waals surface area contributed by atoms with Gasteiger partial charge in [-0.2, -0.15) is 0 Å². The van der Waals surface area contributed by atoms with E-state index >= 15 is 0 Å². The molecule has 0 aromatic heterocycles. The summed E-state index contributed by atoms with van der Waals surface area (Å²) in [6, 6.07) is -0.691. The molecule has 0 spiro atoms. The van der Waals surface area contributed by atoms with Crippen LogP contribution >= 0.6 is 0 Å². The molecule has 6 heteroatoms. The summed E-state index contributed by atoms with van der Waals surface area (Å²) in [7, 11) is 0. The average molecular weight is 275 g/mol. The van der Waals surface area contributed by atoms with E-state index in [1.54, 1.807) is 20.8 Å². The normalized spacial score (nSPS) is 12.7. The molecule has 0 aromatic rings. The van der Waals surface area contributed by atoms with Crippen LogP contribution in [0.3, 0.4) is 0 Å². The number of alkyl carbamates (subject to hydrolysis) is 1. The minimum Gasteiger partial charge on any atom is -0.466 e.